The number of aromatic nitrogens is 1. The Morgan fingerprint density at radius 2 is 2.33 bits per heavy atom. The summed E-state index contributed by atoms with van der Waals surface area (Å²) in [5.41, 5.74) is 5.96. The highest BCUT2D eigenvalue weighted by atomic mass is 16.3. The molecule has 0 radical (unpaired) electrons. The third kappa shape index (κ3) is 1.91. The second kappa shape index (κ2) is 4.25. The molecule has 2 rings (SSSR count). The van der Waals surface area contributed by atoms with Crippen LogP contribution in [0.3, 0.4) is 0 Å². The third-order valence-electron chi connectivity index (χ3n) is 2.43. The monoisotopic (exact) mass is 203 g/mol. The quantitative estimate of drug-likeness (QED) is 0.586. The summed E-state index contributed by atoms with van der Waals surface area (Å²) in [6.07, 6.45) is 6.89. The van der Waals surface area contributed by atoms with E-state index < -0.39 is 0 Å². The maximum atomic E-state index is 5.55. The molecule has 4 heteroatoms. The number of nitrogens with one attached hydrogen (secondary N) is 1. The van der Waals surface area contributed by atoms with Gasteiger partial charge in [-0.3, -0.25) is 10.8 Å². The summed E-state index contributed by atoms with van der Waals surface area (Å²) in [4.78, 5) is 4.10. The molecule has 0 aromatic carbocycles. The van der Waals surface area contributed by atoms with Crippen molar-refractivity contribution in [1.82, 2.24) is 10.4 Å². The highest BCUT2D eigenvalue weighted by Crippen LogP contribution is 2.23. The lowest BCUT2D eigenvalue weighted by atomic mass is 10.00. The molecular weight excluding hydrogens is 190 g/mol. The van der Waals surface area contributed by atoms with Gasteiger partial charge in [-0.2, -0.15) is 0 Å². The van der Waals surface area contributed by atoms with Crippen LogP contribution in [0.1, 0.15) is 22.7 Å². The number of nitrogens with two attached hydrogens (primary N) is 1. The lowest BCUT2D eigenvalue weighted by Crippen LogP contribution is -2.29. The minimum Gasteiger partial charge on any atom is -0.472 e. The van der Waals surface area contributed by atoms with Crippen LogP contribution in [-0.4, -0.2) is 4.98 Å². The third-order valence-corrected chi connectivity index (χ3v) is 2.43. The zero-order valence-corrected chi connectivity index (χ0v) is 8.47. The second-order valence-electron chi connectivity index (χ2n) is 3.39. The van der Waals surface area contributed by atoms with Crippen molar-refractivity contribution in [2.75, 3.05) is 0 Å². The lowest BCUT2D eigenvalue weighted by Gasteiger charge is -2.16. The van der Waals surface area contributed by atoms with Crippen LogP contribution in [0.15, 0.2) is 41.5 Å². The maximum Gasteiger partial charge on any atom is 0.0954 e. The largest absolute Gasteiger partial charge is 0.472 e. The number of aryl methyl sites for hydroxylation is 1. The Morgan fingerprint density at radius 3 is 2.93 bits per heavy atom. The van der Waals surface area contributed by atoms with Crippen LogP contribution in [0.4, 0.5) is 0 Å². The van der Waals surface area contributed by atoms with Gasteiger partial charge in [0, 0.05) is 18.0 Å². The molecule has 1 unspecified atom stereocenters. The van der Waals surface area contributed by atoms with Gasteiger partial charge in [0.1, 0.15) is 0 Å². The average Bonchev–Trinajstić information content (AvgIpc) is 2.75. The minimum absolute atomic E-state index is 0.0718. The summed E-state index contributed by atoms with van der Waals surface area (Å²) in [6, 6.07) is 3.77. The van der Waals surface area contributed by atoms with Crippen LogP contribution >= 0.6 is 0 Å². The topological polar surface area (TPSA) is 64.1 Å². The van der Waals surface area contributed by atoms with Crippen LogP contribution in [0.5, 0.6) is 0 Å². The molecule has 3 N–H and O–H groups in total. The van der Waals surface area contributed by atoms with Crippen molar-refractivity contribution in [1.29, 1.82) is 0 Å². The van der Waals surface area contributed by atoms with E-state index in [0.717, 1.165) is 16.7 Å². The molecule has 0 saturated carbocycles. The Balaban J connectivity index is 2.40. The van der Waals surface area contributed by atoms with E-state index in [1.807, 2.05) is 25.3 Å². The smallest absolute Gasteiger partial charge is 0.0954 e. The van der Waals surface area contributed by atoms with Gasteiger partial charge in [-0.25, -0.2) is 5.43 Å². The van der Waals surface area contributed by atoms with Gasteiger partial charge in [-0.1, -0.05) is 0 Å². The van der Waals surface area contributed by atoms with E-state index in [2.05, 4.69) is 10.4 Å². The summed E-state index contributed by atoms with van der Waals surface area (Å²) in [5, 5.41) is 0. The molecule has 2 heterocycles. The first-order chi connectivity index (χ1) is 7.33. The van der Waals surface area contributed by atoms with Crippen molar-refractivity contribution >= 4 is 0 Å². The fraction of sp³-hybridized carbons (Fsp3) is 0.182. The van der Waals surface area contributed by atoms with Crippen molar-refractivity contribution in [3.8, 4) is 0 Å². The normalized spacial score (nSPS) is 12.7. The zero-order chi connectivity index (χ0) is 10.7. The van der Waals surface area contributed by atoms with Crippen molar-refractivity contribution in [2.24, 2.45) is 5.84 Å². The van der Waals surface area contributed by atoms with E-state index in [-0.39, 0.29) is 6.04 Å². The first-order valence-electron chi connectivity index (χ1n) is 4.71. The van der Waals surface area contributed by atoms with E-state index in [1.165, 1.54) is 0 Å². The molecule has 2 aromatic rings. The van der Waals surface area contributed by atoms with E-state index in [9.17, 15) is 0 Å². The van der Waals surface area contributed by atoms with Gasteiger partial charge in [-0.15, -0.1) is 0 Å². The molecular formula is C11H13N3O. The van der Waals surface area contributed by atoms with Gasteiger partial charge in [0.05, 0.1) is 18.6 Å². The van der Waals surface area contributed by atoms with Crippen molar-refractivity contribution in [3.05, 3.63) is 53.7 Å². The SMILES string of the molecule is Cc1ccncc1C(NN)c1ccoc1. The molecule has 0 bridgehead atoms. The van der Waals surface area contributed by atoms with Gasteiger partial charge in [-0.05, 0) is 30.2 Å². The van der Waals surface area contributed by atoms with Crippen molar-refractivity contribution < 1.29 is 4.42 Å². The summed E-state index contributed by atoms with van der Waals surface area (Å²) in [5.74, 6) is 5.55. The van der Waals surface area contributed by atoms with Crippen LogP contribution < -0.4 is 11.3 Å². The molecule has 2 aromatic heterocycles. The number of hydrogen-bond acceptors (Lipinski definition) is 4. The summed E-state index contributed by atoms with van der Waals surface area (Å²) < 4.78 is 5.04. The number of nitrogens with zero attached hydrogens (tertiary/aromatic N) is 1. The molecule has 0 saturated heterocycles. The molecule has 0 spiro atoms. The number of pyridine rings is 1. The summed E-state index contributed by atoms with van der Waals surface area (Å²) in [6.45, 7) is 2.03. The Kier molecular flexibility index (Phi) is 2.80. The van der Waals surface area contributed by atoms with E-state index in [4.69, 9.17) is 10.3 Å². The average molecular weight is 203 g/mol. The maximum absolute atomic E-state index is 5.55. The number of hydrogen-bond donors (Lipinski definition) is 2. The first kappa shape index (κ1) is 9.89. The number of furan rings is 1. The van der Waals surface area contributed by atoms with E-state index in [0.29, 0.717) is 0 Å². The first-order valence-corrected chi connectivity index (χ1v) is 4.71. The highest BCUT2D eigenvalue weighted by molar-refractivity contribution is 5.32. The molecule has 0 aliphatic rings. The Labute approximate surface area is 88.1 Å². The second-order valence-corrected chi connectivity index (χ2v) is 3.39. The standard InChI is InChI=1S/C11H13N3O/c1-8-2-4-13-6-10(8)11(14-12)9-3-5-15-7-9/h2-7,11,14H,12H2,1H3. The molecule has 15 heavy (non-hydrogen) atoms. The number of hydrazine groups is 1. The molecule has 0 fully saturated rings. The van der Waals surface area contributed by atoms with Crippen LogP contribution in [0, 0.1) is 6.92 Å². The van der Waals surface area contributed by atoms with Gasteiger partial charge in [0.15, 0.2) is 0 Å². The van der Waals surface area contributed by atoms with Crippen molar-refractivity contribution in [3.63, 3.8) is 0 Å². The molecule has 0 aliphatic carbocycles. The zero-order valence-electron chi connectivity index (χ0n) is 8.47. The predicted molar refractivity (Wildman–Crippen MR) is 56.8 cm³/mol. The molecule has 4 nitrogen and oxygen atoms in total. The van der Waals surface area contributed by atoms with Crippen LogP contribution in [0.2, 0.25) is 0 Å². The molecule has 1 atom stereocenters. The van der Waals surface area contributed by atoms with Gasteiger partial charge < -0.3 is 4.42 Å². The predicted octanol–water partition coefficient (Wildman–Crippen LogP) is 1.54. The van der Waals surface area contributed by atoms with Gasteiger partial charge in [0.25, 0.3) is 0 Å². The van der Waals surface area contributed by atoms with Crippen LogP contribution in [0.25, 0.3) is 0 Å². The lowest BCUT2D eigenvalue weighted by molar-refractivity contribution is 0.552. The Bertz CT molecular complexity index is 425. The molecule has 0 amide bonds. The summed E-state index contributed by atoms with van der Waals surface area (Å²) >= 11 is 0. The molecule has 0 aliphatic heterocycles. The van der Waals surface area contributed by atoms with Gasteiger partial charge in [0.2, 0.25) is 0 Å². The fourth-order valence-electron chi connectivity index (χ4n) is 1.58. The molecule has 78 valence electrons. The fourth-order valence-corrected chi connectivity index (χ4v) is 1.58. The Morgan fingerprint density at radius 1 is 1.47 bits per heavy atom. The highest BCUT2D eigenvalue weighted by Gasteiger charge is 2.15. The Hall–Kier alpha value is -1.65. The number of rotatable bonds is 3. The minimum atomic E-state index is -0.0718. The van der Waals surface area contributed by atoms with E-state index >= 15 is 0 Å². The van der Waals surface area contributed by atoms with Crippen LogP contribution in [-0.2, 0) is 0 Å². The summed E-state index contributed by atoms with van der Waals surface area (Å²) in [7, 11) is 0. The van der Waals surface area contributed by atoms with Gasteiger partial charge >= 0.3 is 0 Å². The van der Waals surface area contributed by atoms with Crippen molar-refractivity contribution in [2.45, 2.75) is 13.0 Å². The van der Waals surface area contributed by atoms with E-state index in [1.54, 1.807) is 18.7 Å².